The van der Waals surface area contributed by atoms with Crippen molar-refractivity contribution in [1.29, 1.82) is 0 Å². The number of aryl methyl sites for hydroxylation is 1. The Labute approximate surface area is 84.1 Å². The maximum absolute atomic E-state index is 12.0. The summed E-state index contributed by atoms with van der Waals surface area (Å²) in [7, 11) is 0. The molecule has 1 aromatic rings. The fourth-order valence-corrected chi connectivity index (χ4v) is 1.63. The van der Waals surface area contributed by atoms with Gasteiger partial charge in [0.2, 0.25) is 0 Å². The van der Waals surface area contributed by atoms with Crippen LogP contribution in [0, 0.1) is 13.8 Å². The minimum atomic E-state index is -0.543. The number of benzene rings is 1. The van der Waals surface area contributed by atoms with Gasteiger partial charge in [-0.1, -0.05) is 18.2 Å². The normalized spacial score (nSPS) is 17.9. The van der Waals surface area contributed by atoms with Gasteiger partial charge in [-0.15, -0.1) is 0 Å². The fourth-order valence-electron chi connectivity index (χ4n) is 1.63. The molecular formula is C12H15NO. The highest BCUT2D eigenvalue weighted by Crippen LogP contribution is 2.36. The highest BCUT2D eigenvalue weighted by atomic mass is 16.1. The van der Waals surface area contributed by atoms with Crippen LogP contribution in [0.5, 0.6) is 0 Å². The average molecular weight is 189 g/mol. The molecule has 1 saturated carbocycles. The number of nitrogens with two attached hydrogens (primary N) is 1. The van der Waals surface area contributed by atoms with Crippen LogP contribution in [-0.4, -0.2) is 11.3 Å². The van der Waals surface area contributed by atoms with Gasteiger partial charge in [-0.3, -0.25) is 4.79 Å². The summed E-state index contributed by atoms with van der Waals surface area (Å²) >= 11 is 0. The van der Waals surface area contributed by atoms with Gasteiger partial charge in [-0.25, -0.2) is 0 Å². The molecule has 2 rings (SSSR count). The topological polar surface area (TPSA) is 43.1 Å². The Morgan fingerprint density at radius 3 is 2.57 bits per heavy atom. The molecule has 0 aromatic heterocycles. The predicted molar refractivity (Wildman–Crippen MR) is 56.4 cm³/mol. The van der Waals surface area contributed by atoms with Crippen molar-refractivity contribution in [3.63, 3.8) is 0 Å². The minimum Gasteiger partial charge on any atom is -0.319 e. The second-order valence-electron chi connectivity index (χ2n) is 4.23. The Kier molecular flexibility index (Phi) is 1.96. The summed E-state index contributed by atoms with van der Waals surface area (Å²) < 4.78 is 0. The van der Waals surface area contributed by atoms with Gasteiger partial charge in [-0.2, -0.15) is 0 Å². The van der Waals surface area contributed by atoms with Crippen LogP contribution in [0.15, 0.2) is 18.2 Å². The van der Waals surface area contributed by atoms with Gasteiger partial charge in [-0.05, 0) is 37.8 Å². The van der Waals surface area contributed by atoms with E-state index in [1.54, 1.807) is 0 Å². The molecular weight excluding hydrogens is 174 g/mol. The van der Waals surface area contributed by atoms with Crippen LogP contribution in [0.3, 0.4) is 0 Å². The second-order valence-corrected chi connectivity index (χ2v) is 4.23. The average Bonchev–Trinajstić information content (AvgIpc) is 2.89. The Bertz CT molecular complexity index is 391. The van der Waals surface area contributed by atoms with Crippen molar-refractivity contribution in [2.75, 3.05) is 0 Å². The summed E-state index contributed by atoms with van der Waals surface area (Å²) in [5.74, 6) is 0.110. The Morgan fingerprint density at radius 1 is 1.36 bits per heavy atom. The molecule has 0 heterocycles. The monoisotopic (exact) mass is 189 g/mol. The Hall–Kier alpha value is -1.15. The van der Waals surface area contributed by atoms with Crippen LogP contribution in [0.4, 0.5) is 0 Å². The van der Waals surface area contributed by atoms with Crippen molar-refractivity contribution >= 4 is 5.78 Å². The van der Waals surface area contributed by atoms with Crippen LogP contribution in [0.1, 0.15) is 34.3 Å². The first-order valence-electron chi connectivity index (χ1n) is 4.94. The standard InChI is InChI=1S/C12H15NO/c1-8-4-3-5-10(9(8)2)11(14)12(13)6-7-12/h3-5H,6-7,13H2,1-2H3. The summed E-state index contributed by atoms with van der Waals surface area (Å²) in [6, 6.07) is 5.81. The first-order valence-corrected chi connectivity index (χ1v) is 4.94. The number of hydrogen-bond donors (Lipinski definition) is 1. The molecule has 0 spiro atoms. The first kappa shape index (κ1) is 9.41. The maximum atomic E-state index is 12.0. The van der Waals surface area contributed by atoms with Crippen LogP contribution in [0.25, 0.3) is 0 Å². The Balaban J connectivity index is 2.41. The molecule has 0 unspecified atom stereocenters. The molecule has 2 N–H and O–H groups in total. The number of carbonyl (C=O) groups excluding carboxylic acids is 1. The molecule has 1 fully saturated rings. The zero-order chi connectivity index (χ0) is 10.3. The lowest BCUT2D eigenvalue weighted by Crippen LogP contribution is -2.33. The molecule has 0 amide bonds. The van der Waals surface area contributed by atoms with E-state index in [4.69, 9.17) is 5.73 Å². The van der Waals surface area contributed by atoms with Crippen LogP contribution in [0.2, 0.25) is 0 Å². The van der Waals surface area contributed by atoms with Crippen LogP contribution < -0.4 is 5.73 Å². The first-order chi connectivity index (χ1) is 6.54. The largest absolute Gasteiger partial charge is 0.319 e. The number of hydrogen-bond acceptors (Lipinski definition) is 2. The van der Waals surface area contributed by atoms with E-state index in [9.17, 15) is 4.79 Å². The lowest BCUT2D eigenvalue weighted by atomic mass is 9.96. The zero-order valence-corrected chi connectivity index (χ0v) is 8.63. The van der Waals surface area contributed by atoms with Gasteiger partial charge >= 0.3 is 0 Å². The molecule has 1 aromatic carbocycles. The van der Waals surface area contributed by atoms with Crippen LogP contribution in [-0.2, 0) is 0 Å². The third-order valence-corrected chi connectivity index (χ3v) is 3.09. The van der Waals surface area contributed by atoms with Crippen molar-refractivity contribution in [3.8, 4) is 0 Å². The molecule has 2 nitrogen and oxygen atoms in total. The summed E-state index contributed by atoms with van der Waals surface area (Å²) in [4.78, 5) is 12.0. The van der Waals surface area contributed by atoms with E-state index < -0.39 is 5.54 Å². The van der Waals surface area contributed by atoms with E-state index in [1.807, 2.05) is 32.0 Å². The number of carbonyl (C=O) groups is 1. The quantitative estimate of drug-likeness (QED) is 0.723. The summed E-state index contributed by atoms with van der Waals surface area (Å²) in [6.45, 7) is 4.00. The SMILES string of the molecule is Cc1cccc(C(=O)C2(N)CC2)c1C. The van der Waals surface area contributed by atoms with Crippen molar-refractivity contribution in [2.45, 2.75) is 32.2 Å². The second kappa shape index (κ2) is 2.92. The minimum absolute atomic E-state index is 0.110. The van der Waals surface area contributed by atoms with E-state index in [1.165, 1.54) is 0 Å². The molecule has 0 radical (unpaired) electrons. The fraction of sp³-hybridized carbons (Fsp3) is 0.417. The highest BCUT2D eigenvalue weighted by molar-refractivity contribution is 6.06. The lowest BCUT2D eigenvalue weighted by Gasteiger charge is -2.11. The molecule has 0 atom stereocenters. The van der Waals surface area contributed by atoms with E-state index in [0.29, 0.717) is 0 Å². The third-order valence-electron chi connectivity index (χ3n) is 3.09. The molecule has 1 aliphatic rings. The Morgan fingerprint density at radius 2 is 2.00 bits per heavy atom. The molecule has 14 heavy (non-hydrogen) atoms. The third kappa shape index (κ3) is 1.36. The molecule has 0 bridgehead atoms. The van der Waals surface area contributed by atoms with Gasteiger partial charge in [0.25, 0.3) is 0 Å². The molecule has 2 heteroatoms. The highest BCUT2D eigenvalue weighted by Gasteiger charge is 2.46. The maximum Gasteiger partial charge on any atom is 0.182 e. The smallest absolute Gasteiger partial charge is 0.182 e. The number of Topliss-reactive ketones (excluding diaryl/α,β-unsaturated/α-hetero) is 1. The number of ketones is 1. The molecule has 74 valence electrons. The zero-order valence-electron chi connectivity index (χ0n) is 8.63. The summed E-state index contributed by atoms with van der Waals surface area (Å²) in [6.07, 6.45) is 1.67. The predicted octanol–water partition coefficient (Wildman–Crippen LogP) is 1.98. The van der Waals surface area contributed by atoms with Gasteiger partial charge in [0.15, 0.2) is 5.78 Å². The number of rotatable bonds is 2. The van der Waals surface area contributed by atoms with E-state index >= 15 is 0 Å². The molecule has 0 saturated heterocycles. The van der Waals surface area contributed by atoms with E-state index in [0.717, 1.165) is 29.5 Å². The van der Waals surface area contributed by atoms with Crippen molar-refractivity contribution in [2.24, 2.45) is 5.73 Å². The lowest BCUT2D eigenvalue weighted by molar-refractivity contribution is 0.0948. The van der Waals surface area contributed by atoms with E-state index in [-0.39, 0.29) is 5.78 Å². The molecule has 1 aliphatic carbocycles. The van der Waals surface area contributed by atoms with Gasteiger partial charge in [0, 0.05) is 5.56 Å². The molecule has 0 aliphatic heterocycles. The van der Waals surface area contributed by atoms with Crippen molar-refractivity contribution in [3.05, 3.63) is 34.9 Å². The summed E-state index contributed by atoms with van der Waals surface area (Å²) in [5, 5.41) is 0. The van der Waals surface area contributed by atoms with Gasteiger partial charge in [0.1, 0.15) is 0 Å². The van der Waals surface area contributed by atoms with E-state index in [2.05, 4.69) is 0 Å². The van der Waals surface area contributed by atoms with Crippen molar-refractivity contribution < 1.29 is 4.79 Å². The van der Waals surface area contributed by atoms with Crippen molar-refractivity contribution in [1.82, 2.24) is 0 Å². The summed E-state index contributed by atoms with van der Waals surface area (Å²) in [5.41, 5.74) is 8.36. The van der Waals surface area contributed by atoms with Gasteiger partial charge in [0.05, 0.1) is 5.54 Å². The van der Waals surface area contributed by atoms with Crippen LogP contribution >= 0.6 is 0 Å². The van der Waals surface area contributed by atoms with Gasteiger partial charge < -0.3 is 5.73 Å².